The number of aromatic nitrogens is 2. The van der Waals surface area contributed by atoms with E-state index in [1.807, 2.05) is 19.3 Å². The van der Waals surface area contributed by atoms with Gasteiger partial charge in [-0.05, 0) is 13.1 Å². The zero-order valence-electron chi connectivity index (χ0n) is 5.20. The Morgan fingerprint density at radius 2 is 2.12 bits per heavy atom. The molecule has 0 saturated heterocycles. The van der Waals surface area contributed by atoms with Crippen LogP contribution in [0.3, 0.4) is 0 Å². The maximum atomic E-state index is 4.50. The van der Waals surface area contributed by atoms with Crippen molar-refractivity contribution in [1.82, 2.24) is 9.78 Å². The fourth-order valence-corrected chi connectivity index (χ4v) is 0.345. The zero-order chi connectivity index (χ0) is 6.41. The first-order chi connectivity index (χ1) is 3.89. The maximum Gasteiger partial charge on any atom is 0.0489 e. The normalized spacial score (nSPS) is 7.38. The van der Waals surface area contributed by atoms with Crippen LogP contribution in [0.2, 0.25) is 0 Å². The summed E-state index contributed by atoms with van der Waals surface area (Å²) in [4.78, 5) is 0. The van der Waals surface area contributed by atoms with E-state index >= 15 is 0 Å². The standard InChI is InChI=1S/C4H6N2.CH5N/c1-6-4-2-3-5-6;1-2/h2-4H,1H3;2H2,1H3. The van der Waals surface area contributed by atoms with Crippen LogP contribution in [0, 0.1) is 0 Å². The first-order valence-electron chi connectivity index (χ1n) is 2.41. The van der Waals surface area contributed by atoms with Crippen LogP contribution in [0.4, 0.5) is 0 Å². The Hall–Kier alpha value is -0.830. The van der Waals surface area contributed by atoms with Crippen molar-refractivity contribution in [2.75, 3.05) is 7.05 Å². The third kappa shape index (κ3) is 2.36. The fourth-order valence-electron chi connectivity index (χ4n) is 0.345. The highest BCUT2D eigenvalue weighted by Gasteiger charge is 1.69. The number of aryl methyl sites for hydroxylation is 1. The number of hydrogen-bond acceptors (Lipinski definition) is 2. The summed E-state index contributed by atoms with van der Waals surface area (Å²) in [6.07, 6.45) is 3.64. The molecule has 0 saturated carbocycles. The molecule has 3 nitrogen and oxygen atoms in total. The second-order valence-electron chi connectivity index (χ2n) is 1.18. The third-order valence-electron chi connectivity index (χ3n) is 0.637. The minimum atomic E-state index is 1.50. The molecule has 0 aromatic carbocycles. The molecule has 1 aromatic rings. The number of rotatable bonds is 0. The summed E-state index contributed by atoms with van der Waals surface area (Å²) >= 11 is 0. The predicted octanol–water partition coefficient (Wildman–Crippen LogP) is -0.00500. The van der Waals surface area contributed by atoms with Gasteiger partial charge in [-0.2, -0.15) is 5.10 Å². The van der Waals surface area contributed by atoms with E-state index < -0.39 is 0 Å². The highest BCUT2D eigenvalue weighted by molar-refractivity contribution is 4.75. The van der Waals surface area contributed by atoms with Gasteiger partial charge in [0.1, 0.15) is 0 Å². The lowest BCUT2D eigenvalue weighted by Gasteiger charge is -1.77. The fraction of sp³-hybridized carbons (Fsp3) is 0.400. The van der Waals surface area contributed by atoms with Crippen molar-refractivity contribution in [2.45, 2.75) is 0 Å². The largest absolute Gasteiger partial charge is 0.333 e. The van der Waals surface area contributed by atoms with Crippen molar-refractivity contribution >= 4 is 0 Å². The Labute approximate surface area is 49.1 Å². The lowest BCUT2D eigenvalue weighted by molar-refractivity contribution is 0.768. The Kier molecular flexibility index (Phi) is 3.88. The summed E-state index contributed by atoms with van der Waals surface area (Å²) in [7, 11) is 3.39. The van der Waals surface area contributed by atoms with Gasteiger partial charge in [0.05, 0.1) is 0 Å². The van der Waals surface area contributed by atoms with Gasteiger partial charge in [-0.3, -0.25) is 4.68 Å². The van der Waals surface area contributed by atoms with Gasteiger partial charge in [0.25, 0.3) is 0 Å². The maximum absolute atomic E-state index is 4.50. The number of hydrogen-bond donors (Lipinski definition) is 1. The van der Waals surface area contributed by atoms with Crippen molar-refractivity contribution in [3.8, 4) is 0 Å². The minimum Gasteiger partial charge on any atom is -0.333 e. The van der Waals surface area contributed by atoms with E-state index in [4.69, 9.17) is 0 Å². The van der Waals surface area contributed by atoms with Gasteiger partial charge in [-0.25, -0.2) is 0 Å². The van der Waals surface area contributed by atoms with Crippen molar-refractivity contribution < 1.29 is 0 Å². The lowest BCUT2D eigenvalue weighted by atomic mass is 10.8. The molecule has 0 unspecified atom stereocenters. The number of nitrogens with two attached hydrogens (primary N) is 1. The summed E-state index contributed by atoms with van der Waals surface area (Å²) in [5, 5.41) is 3.83. The molecule has 0 atom stereocenters. The van der Waals surface area contributed by atoms with Gasteiger partial charge in [0, 0.05) is 19.4 Å². The Morgan fingerprint density at radius 1 is 1.50 bits per heavy atom. The van der Waals surface area contributed by atoms with Gasteiger partial charge in [-0.15, -0.1) is 0 Å². The van der Waals surface area contributed by atoms with Gasteiger partial charge in [0.15, 0.2) is 0 Å². The highest BCUT2D eigenvalue weighted by atomic mass is 15.2. The van der Waals surface area contributed by atoms with E-state index in [1.54, 1.807) is 10.9 Å². The molecule has 0 aliphatic heterocycles. The second-order valence-corrected chi connectivity index (χ2v) is 1.18. The summed E-state index contributed by atoms with van der Waals surface area (Å²) in [5.41, 5.74) is 4.50. The highest BCUT2D eigenvalue weighted by Crippen LogP contribution is 1.73. The zero-order valence-corrected chi connectivity index (χ0v) is 5.20. The molecular weight excluding hydrogens is 102 g/mol. The van der Waals surface area contributed by atoms with Crippen molar-refractivity contribution in [3.63, 3.8) is 0 Å². The molecular formula is C5H11N3. The molecule has 1 aromatic heterocycles. The van der Waals surface area contributed by atoms with Crippen LogP contribution in [0.25, 0.3) is 0 Å². The molecule has 1 heterocycles. The van der Waals surface area contributed by atoms with Crippen LogP contribution in [0.1, 0.15) is 0 Å². The first kappa shape index (κ1) is 7.17. The van der Waals surface area contributed by atoms with E-state index in [0.717, 1.165) is 0 Å². The summed E-state index contributed by atoms with van der Waals surface area (Å²) in [6, 6.07) is 1.89. The molecule has 0 amide bonds. The minimum absolute atomic E-state index is 1.50. The molecule has 0 aliphatic rings. The molecule has 0 aliphatic carbocycles. The molecule has 0 bridgehead atoms. The van der Waals surface area contributed by atoms with Crippen molar-refractivity contribution in [2.24, 2.45) is 12.8 Å². The monoisotopic (exact) mass is 113 g/mol. The summed E-state index contributed by atoms with van der Waals surface area (Å²) < 4.78 is 1.75. The quantitative estimate of drug-likeness (QED) is 0.514. The van der Waals surface area contributed by atoms with E-state index in [-0.39, 0.29) is 0 Å². The van der Waals surface area contributed by atoms with E-state index in [0.29, 0.717) is 0 Å². The topological polar surface area (TPSA) is 43.8 Å². The van der Waals surface area contributed by atoms with Crippen molar-refractivity contribution in [3.05, 3.63) is 18.5 Å². The van der Waals surface area contributed by atoms with Gasteiger partial charge in [0.2, 0.25) is 0 Å². The molecule has 1 rings (SSSR count). The lowest BCUT2D eigenvalue weighted by Crippen LogP contribution is -1.83. The molecule has 8 heavy (non-hydrogen) atoms. The average Bonchev–Trinajstić information content (AvgIpc) is 2.24. The van der Waals surface area contributed by atoms with E-state index in [1.165, 1.54) is 7.05 Å². The van der Waals surface area contributed by atoms with Crippen LogP contribution in [-0.4, -0.2) is 16.8 Å². The Bertz CT molecular complexity index is 111. The smallest absolute Gasteiger partial charge is 0.0489 e. The van der Waals surface area contributed by atoms with Crippen LogP contribution in [0.5, 0.6) is 0 Å². The van der Waals surface area contributed by atoms with Gasteiger partial charge < -0.3 is 5.73 Å². The molecule has 46 valence electrons. The molecule has 2 N–H and O–H groups in total. The number of nitrogens with zero attached hydrogens (tertiary/aromatic N) is 2. The van der Waals surface area contributed by atoms with E-state index in [2.05, 4.69) is 10.8 Å². The summed E-state index contributed by atoms with van der Waals surface area (Å²) in [6.45, 7) is 0. The Balaban J connectivity index is 0.000000222. The van der Waals surface area contributed by atoms with E-state index in [9.17, 15) is 0 Å². The average molecular weight is 113 g/mol. The first-order valence-corrected chi connectivity index (χ1v) is 2.41. The van der Waals surface area contributed by atoms with Crippen molar-refractivity contribution in [1.29, 1.82) is 0 Å². The third-order valence-corrected chi connectivity index (χ3v) is 0.637. The summed E-state index contributed by atoms with van der Waals surface area (Å²) in [5.74, 6) is 0. The SMILES string of the molecule is CN.Cn1cccn1. The van der Waals surface area contributed by atoms with Crippen LogP contribution >= 0.6 is 0 Å². The second kappa shape index (κ2) is 4.33. The van der Waals surface area contributed by atoms with Crippen LogP contribution in [-0.2, 0) is 7.05 Å². The molecule has 0 radical (unpaired) electrons. The van der Waals surface area contributed by atoms with Crippen LogP contribution < -0.4 is 5.73 Å². The van der Waals surface area contributed by atoms with Gasteiger partial charge in [-0.1, -0.05) is 0 Å². The van der Waals surface area contributed by atoms with Gasteiger partial charge >= 0.3 is 0 Å². The molecule has 3 heteroatoms. The molecule has 0 spiro atoms. The molecule has 0 fully saturated rings. The van der Waals surface area contributed by atoms with Crippen LogP contribution in [0.15, 0.2) is 18.5 Å². The predicted molar refractivity (Wildman–Crippen MR) is 33.3 cm³/mol. The Morgan fingerprint density at radius 3 is 2.25 bits per heavy atom.